The third kappa shape index (κ3) is 38.5. The average Bonchev–Trinajstić information content (AvgIpc) is 3.14. The summed E-state index contributed by atoms with van der Waals surface area (Å²) in [6.07, 6.45) is 48.8. The number of unbranched alkanes of at least 4 members (excludes halogenated alkanes) is 6. The molecule has 0 fully saturated rings. The van der Waals surface area contributed by atoms with E-state index in [-0.39, 0.29) is 32.6 Å². The Morgan fingerprint density at radius 3 is 1.53 bits per heavy atom. The number of phosphoric ester groups is 1. The van der Waals surface area contributed by atoms with Crippen LogP contribution in [0.2, 0.25) is 0 Å². The standard InChI is InChI=1S/C43H70NO8P/c1-3-5-7-9-11-13-15-17-19-20-22-23-25-27-29-31-33-35-42(45)49-39-41(40-51-53(47,48)50-38-37-44)52-43(46)36-34-32-30-28-26-24-21-18-16-14-12-10-8-6-4-2/h5,7,11-14,17-19,21-23,26-29,41H,3-4,6,8-10,15-16,20,24-25,30-40,44H2,1-2H3,(H,47,48)/b7-5-,13-11-,14-12-,19-17-,21-18-,23-22-,28-26-,29-27-/t41-/m1/s1. The van der Waals surface area contributed by atoms with E-state index in [2.05, 4.69) is 105 Å². The molecule has 0 heterocycles. The van der Waals surface area contributed by atoms with Crippen LogP contribution in [0, 0.1) is 0 Å². The normalized spacial score (nSPS) is 14.4. The molecule has 0 aliphatic rings. The van der Waals surface area contributed by atoms with E-state index >= 15 is 0 Å². The Kier molecular flexibility index (Phi) is 36.4. The molecule has 0 spiro atoms. The van der Waals surface area contributed by atoms with Gasteiger partial charge in [0.2, 0.25) is 0 Å². The Morgan fingerprint density at radius 2 is 1.04 bits per heavy atom. The zero-order chi connectivity index (χ0) is 38.9. The fourth-order valence-electron chi connectivity index (χ4n) is 4.56. The number of phosphoric acid groups is 1. The van der Waals surface area contributed by atoms with Gasteiger partial charge in [-0.3, -0.25) is 18.6 Å². The fraction of sp³-hybridized carbons (Fsp3) is 0.581. The molecular weight excluding hydrogens is 689 g/mol. The van der Waals surface area contributed by atoms with Gasteiger partial charge in [-0.25, -0.2) is 4.57 Å². The van der Waals surface area contributed by atoms with Crippen LogP contribution in [-0.2, 0) is 32.7 Å². The highest BCUT2D eigenvalue weighted by molar-refractivity contribution is 7.47. The minimum Gasteiger partial charge on any atom is -0.462 e. The molecular formula is C43H70NO8P. The number of hydrogen-bond acceptors (Lipinski definition) is 8. The van der Waals surface area contributed by atoms with Crippen molar-refractivity contribution in [2.24, 2.45) is 5.73 Å². The molecule has 0 aromatic carbocycles. The summed E-state index contributed by atoms with van der Waals surface area (Å²) in [5.41, 5.74) is 5.33. The Labute approximate surface area is 321 Å². The summed E-state index contributed by atoms with van der Waals surface area (Å²) in [7, 11) is -4.40. The van der Waals surface area contributed by atoms with Crippen LogP contribution in [0.4, 0.5) is 0 Å². The molecule has 0 amide bonds. The first-order valence-corrected chi connectivity index (χ1v) is 21.2. The smallest absolute Gasteiger partial charge is 0.462 e. The second-order valence-corrected chi connectivity index (χ2v) is 13.9. The highest BCUT2D eigenvalue weighted by atomic mass is 31.2. The predicted molar refractivity (Wildman–Crippen MR) is 219 cm³/mol. The van der Waals surface area contributed by atoms with Crippen LogP contribution in [0.15, 0.2) is 97.2 Å². The Bertz CT molecular complexity index is 1180. The molecule has 0 aliphatic carbocycles. The average molecular weight is 760 g/mol. The van der Waals surface area contributed by atoms with Crippen molar-refractivity contribution in [2.45, 2.75) is 136 Å². The molecule has 300 valence electrons. The van der Waals surface area contributed by atoms with Crippen molar-refractivity contribution in [2.75, 3.05) is 26.4 Å². The van der Waals surface area contributed by atoms with Gasteiger partial charge in [0.1, 0.15) is 6.61 Å². The van der Waals surface area contributed by atoms with Crippen molar-refractivity contribution in [3.05, 3.63) is 97.2 Å². The molecule has 53 heavy (non-hydrogen) atoms. The summed E-state index contributed by atoms with van der Waals surface area (Å²) in [5, 5.41) is 0. The molecule has 0 aliphatic heterocycles. The summed E-state index contributed by atoms with van der Waals surface area (Å²) in [6, 6.07) is 0. The number of allylic oxidation sites excluding steroid dienone is 16. The number of hydrogen-bond donors (Lipinski definition) is 2. The summed E-state index contributed by atoms with van der Waals surface area (Å²) >= 11 is 0. The molecule has 2 atom stereocenters. The Balaban J connectivity index is 4.40. The lowest BCUT2D eigenvalue weighted by Gasteiger charge is -2.19. The van der Waals surface area contributed by atoms with Crippen LogP contribution in [0.25, 0.3) is 0 Å². The maximum Gasteiger partial charge on any atom is 0.472 e. The molecule has 3 N–H and O–H groups in total. The van der Waals surface area contributed by atoms with E-state index in [9.17, 15) is 19.0 Å². The first-order valence-electron chi connectivity index (χ1n) is 19.7. The molecule has 0 saturated carbocycles. The summed E-state index contributed by atoms with van der Waals surface area (Å²) in [4.78, 5) is 34.7. The highest BCUT2D eigenvalue weighted by Gasteiger charge is 2.25. The van der Waals surface area contributed by atoms with Crippen LogP contribution in [0.5, 0.6) is 0 Å². The van der Waals surface area contributed by atoms with Gasteiger partial charge in [0.25, 0.3) is 0 Å². The quantitative estimate of drug-likeness (QED) is 0.0280. The van der Waals surface area contributed by atoms with Crippen LogP contribution >= 0.6 is 7.82 Å². The molecule has 9 nitrogen and oxygen atoms in total. The second kappa shape index (κ2) is 38.6. The van der Waals surface area contributed by atoms with Crippen LogP contribution < -0.4 is 5.73 Å². The summed E-state index contributed by atoms with van der Waals surface area (Å²) < 4.78 is 32.6. The minimum atomic E-state index is -4.40. The van der Waals surface area contributed by atoms with Crippen molar-refractivity contribution in [1.82, 2.24) is 0 Å². The lowest BCUT2D eigenvalue weighted by atomic mass is 10.1. The van der Waals surface area contributed by atoms with Crippen molar-refractivity contribution in [3.63, 3.8) is 0 Å². The monoisotopic (exact) mass is 759 g/mol. The van der Waals surface area contributed by atoms with E-state index in [1.807, 2.05) is 6.08 Å². The van der Waals surface area contributed by atoms with E-state index in [1.165, 1.54) is 19.3 Å². The molecule has 0 saturated heterocycles. The van der Waals surface area contributed by atoms with E-state index in [4.69, 9.17) is 24.3 Å². The van der Waals surface area contributed by atoms with Gasteiger partial charge in [-0.05, 0) is 89.9 Å². The van der Waals surface area contributed by atoms with E-state index < -0.39 is 32.5 Å². The predicted octanol–water partition coefficient (Wildman–Crippen LogP) is 11.0. The van der Waals surface area contributed by atoms with Crippen molar-refractivity contribution in [1.29, 1.82) is 0 Å². The first kappa shape index (κ1) is 49.9. The van der Waals surface area contributed by atoms with Gasteiger partial charge in [-0.15, -0.1) is 0 Å². The molecule has 0 rings (SSSR count). The molecule has 0 bridgehead atoms. The van der Waals surface area contributed by atoms with Crippen molar-refractivity contribution in [3.8, 4) is 0 Å². The molecule has 1 unspecified atom stereocenters. The minimum absolute atomic E-state index is 0.0340. The van der Waals surface area contributed by atoms with Crippen molar-refractivity contribution < 1.29 is 37.6 Å². The lowest BCUT2D eigenvalue weighted by Crippen LogP contribution is -2.29. The van der Waals surface area contributed by atoms with E-state index in [0.717, 1.165) is 70.6 Å². The zero-order valence-electron chi connectivity index (χ0n) is 32.7. The number of carbonyl (C=O) groups is 2. The van der Waals surface area contributed by atoms with E-state index in [0.29, 0.717) is 12.8 Å². The van der Waals surface area contributed by atoms with Gasteiger partial charge in [-0.2, -0.15) is 0 Å². The Morgan fingerprint density at radius 1 is 0.585 bits per heavy atom. The molecule has 0 aromatic heterocycles. The number of carbonyl (C=O) groups excluding carboxylic acids is 2. The largest absolute Gasteiger partial charge is 0.472 e. The van der Waals surface area contributed by atoms with Crippen LogP contribution in [0.3, 0.4) is 0 Å². The SMILES string of the molecule is CC/C=C\C/C=C\C/C=C\C/C=C\C/C=C\CCCC(=O)OC[C@H](COP(=O)(O)OCCN)OC(=O)CCCC/C=C\C/C=C\C/C=C\CCCCC. The zero-order valence-corrected chi connectivity index (χ0v) is 33.6. The van der Waals surface area contributed by atoms with Gasteiger partial charge in [-0.1, -0.05) is 124 Å². The maximum atomic E-state index is 12.5. The first-order chi connectivity index (χ1) is 25.8. The van der Waals surface area contributed by atoms with Crippen LogP contribution in [-0.4, -0.2) is 49.3 Å². The lowest BCUT2D eigenvalue weighted by molar-refractivity contribution is -0.161. The maximum absolute atomic E-state index is 12.5. The van der Waals surface area contributed by atoms with Gasteiger partial charge in [0.05, 0.1) is 13.2 Å². The topological polar surface area (TPSA) is 134 Å². The summed E-state index contributed by atoms with van der Waals surface area (Å²) in [6.45, 7) is 3.44. The highest BCUT2D eigenvalue weighted by Crippen LogP contribution is 2.43. The number of nitrogens with two attached hydrogens (primary N) is 1. The fourth-order valence-corrected chi connectivity index (χ4v) is 5.32. The number of rotatable bonds is 35. The second-order valence-electron chi connectivity index (χ2n) is 12.4. The Hall–Kier alpha value is -3.07. The van der Waals surface area contributed by atoms with E-state index in [1.54, 1.807) is 0 Å². The third-order valence-electron chi connectivity index (χ3n) is 7.45. The number of esters is 2. The molecule has 10 heteroatoms. The molecule has 0 aromatic rings. The van der Waals surface area contributed by atoms with Gasteiger partial charge in [0, 0.05) is 19.4 Å². The van der Waals surface area contributed by atoms with Crippen LogP contribution in [0.1, 0.15) is 129 Å². The van der Waals surface area contributed by atoms with Gasteiger partial charge < -0.3 is 20.1 Å². The van der Waals surface area contributed by atoms with Crippen molar-refractivity contribution >= 4 is 19.8 Å². The van der Waals surface area contributed by atoms with Gasteiger partial charge >= 0.3 is 19.8 Å². The van der Waals surface area contributed by atoms with Gasteiger partial charge in [0.15, 0.2) is 6.10 Å². The summed E-state index contributed by atoms with van der Waals surface area (Å²) in [5.74, 6) is -0.955. The number of ether oxygens (including phenoxy) is 2. The third-order valence-corrected chi connectivity index (χ3v) is 8.44. The molecule has 0 radical (unpaired) electrons.